The lowest BCUT2D eigenvalue weighted by Crippen LogP contribution is -2.24. The van der Waals surface area contributed by atoms with Gasteiger partial charge in [0.1, 0.15) is 18.5 Å². The van der Waals surface area contributed by atoms with Gasteiger partial charge in [0.15, 0.2) is 6.29 Å². The van der Waals surface area contributed by atoms with Crippen molar-refractivity contribution < 1.29 is 19.4 Å². The van der Waals surface area contributed by atoms with Crippen LogP contribution < -0.4 is 4.74 Å². The Hall–Kier alpha value is -0.910. The highest BCUT2D eigenvalue weighted by Crippen LogP contribution is 2.26. The molecule has 1 aromatic carbocycles. The summed E-state index contributed by atoms with van der Waals surface area (Å²) in [6.45, 7) is 4.93. The molecule has 20 heavy (non-hydrogen) atoms. The van der Waals surface area contributed by atoms with Crippen LogP contribution in [0.4, 0.5) is 0 Å². The minimum absolute atomic E-state index is 0.107. The summed E-state index contributed by atoms with van der Waals surface area (Å²) in [6, 6.07) is 3.56. The number of halogens is 1. The van der Waals surface area contributed by atoms with Crippen molar-refractivity contribution in [2.45, 2.75) is 32.8 Å². The molecule has 0 aliphatic carbocycles. The van der Waals surface area contributed by atoms with Gasteiger partial charge in [0, 0.05) is 11.1 Å². The molecule has 0 spiro atoms. The average molecular weight is 345 g/mol. The molecule has 0 saturated heterocycles. The molecule has 1 atom stereocenters. The summed E-state index contributed by atoms with van der Waals surface area (Å²) >= 11 is 3.33. The smallest absolute Gasteiger partial charge is 0.153 e. The number of rotatable bonds is 9. The Bertz CT molecular complexity index is 434. The lowest BCUT2D eigenvalue weighted by atomic mass is 10.1. The topological polar surface area (TPSA) is 55.8 Å². The average Bonchev–Trinajstić information content (AvgIpc) is 2.41. The normalized spacial score (nSPS) is 12.2. The van der Waals surface area contributed by atoms with E-state index < -0.39 is 6.10 Å². The summed E-state index contributed by atoms with van der Waals surface area (Å²) in [4.78, 5) is 11.0. The fourth-order valence-electron chi connectivity index (χ4n) is 1.73. The third-order valence-electron chi connectivity index (χ3n) is 2.77. The summed E-state index contributed by atoms with van der Waals surface area (Å²) in [6.07, 6.45) is 2.09. The van der Waals surface area contributed by atoms with E-state index in [2.05, 4.69) is 22.9 Å². The molecule has 1 aromatic rings. The molecule has 1 N–H and O–H groups in total. The third kappa shape index (κ3) is 5.61. The molecule has 0 heterocycles. The lowest BCUT2D eigenvalue weighted by molar-refractivity contribution is 0.0111. The Labute approximate surface area is 128 Å². The number of hydrogen-bond acceptors (Lipinski definition) is 4. The minimum Gasteiger partial charge on any atom is -0.490 e. The first-order chi connectivity index (χ1) is 9.58. The highest BCUT2D eigenvalue weighted by Gasteiger charge is 2.11. The summed E-state index contributed by atoms with van der Waals surface area (Å²) < 4.78 is 11.7. The van der Waals surface area contributed by atoms with Crippen LogP contribution in [0.3, 0.4) is 0 Å². The molecule has 4 nitrogen and oxygen atoms in total. The number of unbranched alkanes of at least 4 members (excludes halogenated alkanes) is 1. The van der Waals surface area contributed by atoms with Crippen molar-refractivity contribution in [2.75, 3.05) is 19.8 Å². The quantitative estimate of drug-likeness (QED) is 0.552. The van der Waals surface area contributed by atoms with Crippen LogP contribution in [0.15, 0.2) is 16.6 Å². The van der Waals surface area contributed by atoms with Crippen molar-refractivity contribution in [3.8, 4) is 5.75 Å². The summed E-state index contributed by atoms with van der Waals surface area (Å²) in [7, 11) is 0. The molecular formula is C15H21BrO4. The number of carbonyl (C=O) groups is 1. The van der Waals surface area contributed by atoms with Crippen LogP contribution in [0.25, 0.3) is 0 Å². The molecule has 0 saturated carbocycles. The second-order valence-corrected chi connectivity index (χ2v) is 5.57. The van der Waals surface area contributed by atoms with Crippen LogP contribution in [0.1, 0.15) is 35.7 Å². The van der Waals surface area contributed by atoms with Crippen molar-refractivity contribution in [1.29, 1.82) is 0 Å². The first kappa shape index (κ1) is 17.1. The maximum absolute atomic E-state index is 11.0. The van der Waals surface area contributed by atoms with Gasteiger partial charge in [0.2, 0.25) is 0 Å². The van der Waals surface area contributed by atoms with Crippen LogP contribution in [-0.4, -0.2) is 37.3 Å². The van der Waals surface area contributed by atoms with Crippen LogP contribution >= 0.6 is 15.9 Å². The molecule has 0 radical (unpaired) electrons. The molecule has 1 unspecified atom stereocenters. The predicted octanol–water partition coefficient (Wildman–Crippen LogP) is 3.13. The van der Waals surface area contributed by atoms with Gasteiger partial charge in [-0.3, -0.25) is 4.79 Å². The first-order valence-electron chi connectivity index (χ1n) is 6.72. The van der Waals surface area contributed by atoms with E-state index in [0.29, 0.717) is 17.9 Å². The molecule has 112 valence electrons. The molecule has 0 bridgehead atoms. The standard InChI is InChI=1S/C15H21BrO4/c1-3-4-5-19-9-14(18)10-20-15-11(2)6-13(16)7-12(15)8-17/h6-8,14,18H,3-5,9-10H2,1-2H3. The van der Waals surface area contributed by atoms with Crippen molar-refractivity contribution in [2.24, 2.45) is 0 Å². The molecule has 0 aromatic heterocycles. The number of benzene rings is 1. The summed E-state index contributed by atoms with van der Waals surface area (Å²) in [5.41, 5.74) is 1.32. The van der Waals surface area contributed by atoms with E-state index in [0.717, 1.165) is 29.2 Å². The summed E-state index contributed by atoms with van der Waals surface area (Å²) in [5, 5.41) is 9.77. The highest BCUT2D eigenvalue weighted by atomic mass is 79.9. The van der Waals surface area contributed by atoms with Crippen LogP contribution in [0.5, 0.6) is 5.75 Å². The number of carbonyl (C=O) groups excluding carboxylic acids is 1. The molecular weight excluding hydrogens is 324 g/mol. The van der Waals surface area contributed by atoms with E-state index in [-0.39, 0.29) is 13.2 Å². The predicted molar refractivity (Wildman–Crippen MR) is 81.5 cm³/mol. The van der Waals surface area contributed by atoms with E-state index in [1.54, 1.807) is 6.07 Å². The zero-order chi connectivity index (χ0) is 15.0. The van der Waals surface area contributed by atoms with Gasteiger partial charge in [-0.05, 0) is 31.0 Å². The minimum atomic E-state index is -0.700. The Morgan fingerprint density at radius 1 is 1.40 bits per heavy atom. The SMILES string of the molecule is CCCCOCC(O)COc1c(C)cc(Br)cc1C=O. The van der Waals surface area contributed by atoms with Gasteiger partial charge < -0.3 is 14.6 Å². The van der Waals surface area contributed by atoms with Gasteiger partial charge in [-0.2, -0.15) is 0 Å². The van der Waals surface area contributed by atoms with Gasteiger partial charge >= 0.3 is 0 Å². The van der Waals surface area contributed by atoms with E-state index in [1.807, 2.05) is 13.0 Å². The number of ether oxygens (including phenoxy) is 2. The first-order valence-corrected chi connectivity index (χ1v) is 7.51. The highest BCUT2D eigenvalue weighted by molar-refractivity contribution is 9.10. The Kier molecular flexibility index (Phi) is 7.80. The molecule has 5 heteroatoms. The lowest BCUT2D eigenvalue weighted by Gasteiger charge is -2.15. The molecule has 1 rings (SSSR count). The van der Waals surface area contributed by atoms with E-state index in [4.69, 9.17) is 9.47 Å². The van der Waals surface area contributed by atoms with Crippen LogP contribution in [0.2, 0.25) is 0 Å². The number of aldehydes is 1. The molecule has 0 aliphatic rings. The number of aliphatic hydroxyl groups excluding tert-OH is 1. The molecule has 0 aliphatic heterocycles. The van der Waals surface area contributed by atoms with E-state index in [9.17, 15) is 9.90 Å². The largest absolute Gasteiger partial charge is 0.490 e. The number of aryl methyl sites for hydroxylation is 1. The van der Waals surface area contributed by atoms with Gasteiger partial charge in [0.05, 0.1) is 12.2 Å². The second-order valence-electron chi connectivity index (χ2n) is 4.65. The van der Waals surface area contributed by atoms with Gasteiger partial charge in [-0.15, -0.1) is 0 Å². The van der Waals surface area contributed by atoms with Crippen LogP contribution in [-0.2, 0) is 4.74 Å². The third-order valence-corrected chi connectivity index (χ3v) is 3.23. The number of aliphatic hydroxyl groups is 1. The zero-order valence-electron chi connectivity index (χ0n) is 11.9. The van der Waals surface area contributed by atoms with Gasteiger partial charge in [-0.1, -0.05) is 29.3 Å². The van der Waals surface area contributed by atoms with Crippen molar-refractivity contribution in [3.05, 3.63) is 27.7 Å². The number of hydrogen-bond donors (Lipinski definition) is 1. The van der Waals surface area contributed by atoms with E-state index in [1.165, 1.54) is 0 Å². The summed E-state index contributed by atoms with van der Waals surface area (Å²) in [5.74, 6) is 0.510. The van der Waals surface area contributed by atoms with Gasteiger partial charge in [0.25, 0.3) is 0 Å². The molecule has 0 fully saturated rings. The van der Waals surface area contributed by atoms with Crippen molar-refractivity contribution in [1.82, 2.24) is 0 Å². The van der Waals surface area contributed by atoms with E-state index >= 15 is 0 Å². The Balaban J connectivity index is 2.50. The fourth-order valence-corrected chi connectivity index (χ4v) is 2.32. The van der Waals surface area contributed by atoms with Crippen molar-refractivity contribution >= 4 is 22.2 Å². The van der Waals surface area contributed by atoms with Gasteiger partial charge in [-0.25, -0.2) is 0 Å². The van der Waals surface area contributed by atoms with Crippen molar-refractivity contribution in [3.63, 3.8) is 0 Å². The maximum atomic E-state index is 11.0. The fraction of sp³-hybridized carbons (Fsp3) is 0.533. The Morgan fingerprint density at radius 2 is 2.15 bits per heavy atom. The monoisotopic (exact) mass is 344 g/mol. The van der Waals surface area contributed by atoms with Crippen LogP contribution in [0, 0.1) is 6.92 Å². The maximum Gasteiger partial charge on any atom is 0.153 e. The second kappa shape index (κ2) is 9.10. The molecule has 0 amide bonds. The zero-order valence-corrected chi connectivity index (χ0v) is 13.5. The Morgan fingerprint density at radius 3 is 2.80 bits per heavy atom.